The number of hydrogen-bond acceptors (Lipinski definition) is 5. The highest BCUT2D eigenvalue weighted by atomic mass is 16.5. The fraction of sp³-hybridized carbons (Fsp3) is 0.412. The van der Waals surface area contributed by atoms with Crippen molar-refractivity contribution in [3.8, 4) is 5.75 Å². The van der Waals surface area contributed by atoms with Gasteiger partial charge in [0.15, 0.2) is 0 Å². The molecule has 2 rings (SSSR count). The molecule has 2 aromatic rings. The van der Waals surface area contributed by atoms with Crippen LogP contribution in [0.5, 0.6) is 5.75 Å². The standard InChI is InChI=1S/C17H24N4O/c1-5-12(3)18-17-19-13(4)11-16(21-17)20-14-9-7-8-10-15(14)22-6-2/h7-12H,5-6H2,1-4H3,(H2,18,19,20,21). The van der Waals surface area contributed by atoms with Crippen LogP contribution in [0.15, 0.2) is 30.3 Å². The lowest BCUT2D eigenvalue weighted by atomic mass is 10.2. The van der Waals surface area contributed by atoms with Crippen molar-refractivity contribution in [3.05, 3.63) is 36.0 Å². The van der Waals surface area contributed by atoms with Crippen LogP contribution in [0, 0.1) is 6.92 Å². The highest BCUT2D eigenvalue weighted by molar-refractivity contribution is 5.64. The molecule has 1 heterocycles. The number of aromatic nitrogens is 2. The van der Waals surface area contributed by atoms with Crippen molar-refractivity contribution >= 4 is 17.5 Å². The molecule has 0 aliphatic rings. The van der Waals surface area contributed by atoms with Crippen molar-refractivity contribution < 1.29 is 4.74 Å². The quantitative estimate of drug-likeness (QED) is 0.805. The molecular formula is C17H24N4O. The predicted octanol–water partition coefficient (Wildman–Crippen LogP) is 4.14. The first-order valence-electron chi connectivity index (χ1n) is 7.73. The fourth-order valence-corrected chi connectivity index (χ4v) is 2.01. The molecule has 1 aromatic carbocycles. The van der Waals surface area contributed by atoms with Gasteiger partial charge in [-0.15, -0.1) is 0 Å². The van der Waals surface area contributed by atoms with E-state index in [2.05, 4.69) is 34.4 Å². The molecule has 0 aliphatic heterocycles. The number of para-hydroxylation sites is 2. The van der Waals surface area contributed by atoms with Crippen LogP contribution < -0.4 is 15.4 Å². The van der Waals surface area contributed by atoms with Crippen LogP contribution in [0.1, 0.15) is 32.9 Å². The number of nitrogens with one attached hydrogen (secondary N) is 2. The molecule has 0 radical (unpaired) electrons. The average molecular weight is 300 g/mol. The zero-order valence-corrected chi connectivity index (χ0v) is 13.7. The van der Waals surface area contributed by atoms with Gasteiger partial charge < -0.3 is 15.4 Å². The van der Waals surface area contributed by atoms with Crippen molar-refractivity contribution in [2.45, 2.75) is 40.2 Å². The third kappa shape index (κ3) is 4.35. The van der Waals surface area contributed by atoms with Crippen molar-refractivity contribution in [1.82, 2.24) is 9.97 Å². The summed E-state index contributed by atoms with van der Waals surface area (Å²) in [6, 6.07) is 10.1. The largest absolute Gasteiger partial charge is 0.492 e. The highest BCUT2D eigenvalue weighted by Crippen LogP contribution is 2.27. The van der Waals surface area contributed by atoms with E-state index in [1.165, 1.54) is 0 Å². The minimum Gasteiger partial charge on any atom is -0.492 e. The third-order valence-corrected chi connectivity index (χ3v) is 3.29. The second-order valence-corrected chi connectivity index (χ2v) is 5.23. The minimum atomic E-state index is 0.338. The molecule has 0 aliphatic carbocycles. The van der Waals surface area contributed by atoms with Crippen LogP contribution in [-0.4, -0.2) is 22.6 Å². The lowest BCUT2D eigenvalue weighted by Gasteiger charge is -2.15. The first-order chi connectivity index (χ1) is 10.6. The molecule has 0 saturated heterocycles. The molecule has 118 valence electrons. The van der Waals surface area contributed by atoms with Crippen molar-refractivity contribution in [2.24, 2.45) is 0 Å². The molecule has 5 heteroatoms. The Morgan fingerprint density at radius 3 is 2.68 bits per heavy atom. The molecule has 1 unspecified atom stereocenters. The van der Waals surface area contributed by atoms with Gasteiger partial charge in [-0.2, -0.15) is 4.98 Å². The van der Waals surface area contributed by atoms with E-state index >= 15 is 0 Å². The van der Waals surface area contributed by atoms with E-state index in [1.54, 1.807) is 0 Å². The Morgan fingerprint density at radius 2 is 1.95 bits per heavy atom. The van der Waals surface area contributed by atoms with Gasteiger partial charge in [-0.25, -0.2) is 4.98 Å². The Morgan fingerprint density at radius 1 is 1.18 bits per heavy atom. The van der Waals surface area contributed by atoms with Crippen LogP contribution in [0.3, 0.4) is 0 Å². The summed E-state index contributed by atoms with van der Waals surface area (Å²) in [7, 11) is 0. The number of rotatable bonds is 7. The maximum Gasteiger partial charge on any atom is 0.225 e. The molecule has 0 fully saturated rings. The Kier molecular flexibility index (Phi) is 5.58. The SMILES string of the molecule is CCOc1ccccc1Nc1cc(C)nc(NC(C)CC)n1. The lowest BCUT2D eigenvalue weighted by molar-refractivity contribution is 0.342. The van der Waals surface area contributed by atoms with Gasteiger partial charge in [0.1, 0.15) is 11.6 Å². The lowest BCUT2D eigenvalue weighted by Crippen LogP contribution is -2.16. The Balaban J connectivity index is 2.22. The summed E-state index contributed by atoms with van der Waals surface area (Å²) in [6.45, 7) is 8.80. The molecule has 5 nitrogen and oxygen atoms in total. The van der Waals surface area contributed by atoms with Crippen LogP contribution in [-0.2, 0) is 0 Å². The number of aryl methyl sites for hydroxylation is 1. The topological polar surface area (TPSA) is 59.1 Å². The monoisotopic (exact) mass is 300 g/mol. The molecule has 22 heavy (non-hydrogen) atoms. The van der Waals surface area contributed by atoms with E-state index in [0.717, 1.165) is 29.4 Å². The summed E-state index contributed by atoms with van der Waals surface area (Å²) in [4.78, 5) is 8.96. The van der Waals surface area contributed by atoms with Gasteiger partial charge in [-0.1, -0.05) is 19.1 Å². The second-order valence-electron chi connectivity index (χ2n) is 5.23. The number of benzene rings is 1. The van der Waals surface area contributed by atoms with Crippen LogP contribution >= 0.6 is 0 Å². The third-order valence-electron chi connectivity index (χ3n) is 3.29. The van der Waals surface area contributed by atoms with Crippen molar-refractivity contribution in [3.63, 3.8) is 0 Å². The van der Waals surface area contributed by atoms with Gasteiger partial charge >= 0.3 is 0 Å². The van der Waals surface area contributed by atoms with E-state index in [4.69, 9.17) is 4.74 Å². The van der Waals surface area contributed by atoms with Gasteiger partial charge in [0.05, 0.1) is 12.3 Å². The summed E-state index contributed by atoms with van der Waals surface area (Å²) >= 11 is 0. The number of nitrogens with zero attached hydrogens (tertiary/aromatic N) is 2. The van der Waals surface area contributed by atoms with Crippen LogP contribution in [0.25, 0.3) is 0 Å². The summed E-state index contributed by atoms with van der Waals surface area (Å²) < 4.78 is 5.63. The first kappa shape index (κ1) is 16.1. The van der Waals surface area contributed by atoms with Gasteiger partial charge in [0.25, 0.3) is 0 Å². The minimum absolute atomic E-state index is 0.338. The molecule has 0 bridgehead atoms. The molecule has 0 amide bonds. The Labute approximate surface area is 132 Å². The normalized spacial score (nSPS) is 11.8. The van der Waals surface area contributed by atoms with E-state index in [1.807, 2.05) is 44.2 Å². The highest BCUT2D eigenvalue weighted by Gasteiger charge is 2.08. The van der Waals surface area contributed by atoms with Crippen molar-refractivity contribution in [1.29, 1.82) is 0 Å². The van der Waals surface area contributed by atoms with Gasteiger partial charge in [0.2, 0.25) is 5.95 Å². The van der Waals surface area contributed by atoms with Crippen molar-refractivity contribution in [2.75, 3.05) is 17.2 Å². The molecule has 0 spiro atoms. The molecule has 1 atom stereocenters. The van der Waals surface area contributed by atoms with Crippen LogP contribution in [0.2, 0.25) is 0 Å². The van der Waals surface area contributed by atoms with Gasteiger partial charge in [-0.3, -0.25) is 0 Å². The predicted molar refractivity (Wildman–Crippen MR) is 91.0 cm³/mol. The Hall–Kier alpha value is -2.30. The zero-order valence-electron chi connectivity index (χ0n) is 13.7. The second kappa shape index (κ2) is 7.64. The van der Waals surface area contributed by atoms with E-state index < -0.39 is 0 Å². The zero-order chi connectivity index (χ0) is 15.9. The number of ether oxygens (including phenoxy) is 1. The number of anilines is 3. The maximum atomic E-state index is 5.63. The summed E-state index contributed by atoms with van der Waals surface area (Å²) in [5.74, 6) is 2.22. The molecular weight excluding hydrogens is 276 g/mol. The molecule has 0 saturated carbocycles. The van der Waals surface area contributed by atoms with E-state index in [0.29, 0.717) is 18.6 Å². The van der Waals surface area contributed by atoms with Gasteiger partial charge in [-0.05, 0) is 39.3 Å². The summed E-state index contributed by atoms with van der Waals surface area (Å²) in [5.41, 5.74) is 1.81. The molecule has 1 aromatic heterocycles. The summed E-state index contributed by atoms with van der Waals surface area (Å²) in [6.07, 6.45) is 1.02. The smallest absolute Gasteiger partial charge is 0.225 e. The first-order valence-corrected chi connectivity index (χ1v) is 7.73. The van der Waals surface area contributed by atoms with E-state index in [-0.39, 0.29) is 0 Å². The number of hydrogen-bond donors (Lipinski definition) is 2. The Bertz CT molecular complexity index is 615. The van der Waals surface area contributed by atoms with Crippen LogP contribution in [0.4, 0.5) is 17.5 Å². The summed E-state index contributed by atoms with van der Waals surface area (Å²) in [5, 5.41) is 6.62. The maximum absolute atomic E-state index is 5.63. The fourth-order valence-electron chi connectivity index (χ4n) is 2.01. The molecule has 2 N–H and O–H groups in total. The van der Waals surface area contributed by atoms with Gasteiger partial charge in [0, 0.05) is 17.8 Å². The average Bonchev–Trinajstić information content (AvgIpc) is 2.49. The van der Waals surface area contributed by atoms with E-state index in [9.17, 15) is 0 Å².